The fourth-order valence-electron chi connectivity index (χ4n) is 3.04. The summed E-state index contributed by atoms with van der Waals surface area (Å²) in [5.41, 5.74) is 0. The summed E-state index contributed by atoms with van der Waals surface area (Å²) >= 11 is 0. The van der Waals surface area contributed by atoms with Crippen LogP contribution in [0.2, 0.25) is 0 Å². The van der Waals surface area contributed by atoms with Gasteiger partial charge < -0.3 is 10.1 Å². The fourth-order valence-corrected chi connectivity index (χ4v) is 3.04. The van der Waals surface area contributed by atoms with Crippen LogP contribution in [-0.4, -0.2) is 25.3 Å². The first-order chi connectivity index (χ1) is 8.38. The third-order valence-corrected chi connectivity index (χ3v) is 4.39. The van der Waals surface area contributed by atoms with Gasteiger partial charge in [-0.1, -0.05) is 26.2 Å². The van der Waals surface area contributed by atoms with Crippen molar-refractivity contribution in [3.63, 3.8) is 0 Å². The van der Waals surface area contributed by atoms with E-state index >= 15 is 0 Å². The summed E-state index contributed by atoms with van der Waals surface area (Å²) < 4.78 is 5.73. The highest BCUT2D eigenvalue weighted by Crippen LogP contribution is 2.31. The van der Waals surface area contributed by atoms with Crippen molar-refractivity contribution in [3.05, 3.63) is 0 Å². The normalized spacial score (nSPS) is 27.0. The van der Waals surface area contributed by atoms with Gasteiger partial charge in [0.05, 0.1) is 6.10 Å². The van der Waals surface area contributed by atoms with E-state index in [9.17, 15) is 0 Å². The lowest BCUT2D eigenvalue weighted by molar-refractivity contribution is 0.0976. The van der Waals surface area contributed by atoms with Crippen molar-refractivity contribution < 1.29 is 4.74 Å². The summed E-state index contributed by atoms with van der Waals surface area (Å²) in [5.74, 6) is 1.02. The van der Waals surface area contributed by atoms with Crippen LogP contribution >= 0.6 is 0 Å². The molecule has 2 atom stereocenters. The van der Waals surface area contributed by atoms with E-state index in [0.717, 1.165) is 18.6 Å². The zero-order chi connectivity index (χ0) is 11.9. The Morgan fingerprint density at radius 1 is 1.24 bits per heavy atom. The van der Waals surface area contributed by atoms with E-state index < -0.39 is 0 Å². The number of ether oxygens (including phenoxy) is 1. The second-order valence-corrected chi connectivity index (χ2v) is 5.90. The Labute approximate surface area is 107 Å². The molecule has 17 heavy (non-hydrogen) atoms. The molecule has 2 nitrogen and oxygen atoms in total. The molecule has 100 valence electrons. The third kappa shape index (κ3) is 4.59. The Hall–Kier alpha value is -0.0800. The van der Waals surface area contributed by atoms with Gasteiger partial charge in [0.2, 0.25) is 0 Å². The molecule has 2 aliphatic rings. The van der Waals surface area contributed by atoms with Gasteiger partial charge >= 0.3 is 0 Å². The highest BCUT2D eigenvalue weighted by Gasteiger charge is 2.23. The average Bonchev–Trinajstić information content (AvgIpc) is 2.78. The molecular formula is C15H29NO. The van der Waals surface area contributed by atoms with Crippen LogP contribution in [0.5, 0.6) is 0 Å². The zero-order valence-corrected chi connectivity index (χ0v) is 11.4. The molecular weight excluding hydrogens is 210 g/mol. The first-order valence-corrected chi connectivity index (χ1v) is 7.73. The maximum atomic E-state index is 5.73. The number of rotatable bonds is 8. The molecule has 1 N–H and O–H groups in total. The topological polar surface area (TPSA) is 21.3 Å². The molecule has 2 unspecified atom stereocenters. The minimum Gasteiger partial charge on any atom is -0.378 e. The van der Waals surface area contributed by atoms with E-state index in [1.165, 1.54) is 64.3 Å². The predicted molar refractivity (Wildman–Crippen MR) is 72.2 cm³/mol. The van der Waals surface area contributed by atoms with E-state index in [2.05, 4.69) is 12.2 Å². The van der Waals surface area contributed by atoms with Crippen LogP contribution in [0.1, 0.15) is 64.7 Å². The zero-order valence-electron chi connectivity index (χ0n) is 11.4. The lowest BCUT2D eigenvalue weighted by Gasteiger charge is -2.30. The molecule has 0 radical (unpaired) electrons. The highest BCUT2D eigenvalue weighted by atomic mass is 16.5. The van der Waals surface area contributed by atoms with Crippen LogP contribution in [-0.2, 0) is 4.74 Å². The summed E-state index contributed by atoms with van der Waals surface area (Å²) in [5, 5.41) is 3.74. The Kier molecular flexibility index (Phi) is 5.79. The number of hydrogen-bond acceptors (Lipinski definition) is 2. The van der Waals surface area contributed by atoms with Crippen LogP contribution < -0.4 is 5.32 Å². The molecule has 1 heterocycles. The van der Waals surface area contributed by atoms with Gasteiger partial charge in [-0.15, -0.1) is 0 Å². The molecule has 0 aromatic carbocycles. The van der Waals surface area contributed by atoms with Crippen molar-refractivity contribution in [1.82, 2.24) is 5.32 Å². The summed E-state index contributed by atoms with van der Waals surface area (Å²) in [4.78, 5) is 0. The summed E-state index contributed by atoms with van der Waals surface area (Å²) in [6, 6.07) is 0.754. The summed E-state index contributed by atoms with van der Waals surface area (Å²) in [6.07, 6.45) is 12.8. The minimum absolute atomic E-state index is 0.572. The Balaban J connectivity index is 1.65. The standard InChI is InChI=1S/C15H29NO/c1-2-10-16-14(12-13-5-3-6-13)8-9-15-7-4-11-17-15/h13-16H,2-12H2,1H3. The van der Waals surface area contributed by atoms with Crippen LogP contribution in [0.25, 0.3) is 0 Å². The maximum absolute atomic E-state index is 5.73. The second-order valence-electron chi connectivity index (χ2n) is 5.90. The van der Waals surface area contributed by atoms with Crippen LogP contribution in [0.4, 0.5) is 0 Å². The van der Waals surface area contributed by atoms with Gasteiger partial charge in [0.1, 0.15) is 0 Å². The monoisotopic (exact) mass is 239 g/mol. The largest absolute Gasteiger partial charge is 0.378 e. The molecule has 0 bridgehead atoms. The fraction of sp³-hybridized carbons (Fsp3) is 1.00. The molecule has 2 rings (SSSR count). The van der Waals surface area contributed by atoms with Gasteiger partial charge in [-0.2, -0.15) is 0 Å². The molecule has 1 saturated heterocycles. The van der Waals surface area contributed by atoms with Crippen molar-refractivity contribution >= 4 is 0 Å². The van der Waals surface area contributed by atoms with E-state index in [-0.39, 0.29) is 0 Å². The molecule has 2 heteroatoms. The van der Waals surface area contributed by atoms with Crippen LogP contribution in [0, 0.1) is 5.92 Å². The smallest absolute Gasteiger partial charge is 0.0576 e. The number of hydrogen-bond donors (Lipinski definition) is 1. The van der Waals surface area contributed by atoms with Crippen molar-refractivity contribution in [2.24, 2.45) is 5.92 Å². The molecule has 0 aromatic rings. The van der Waals surface area contributed by atoms with Crippen LogP contribution in [0.15, 0.2) is 0 Å². The van der Waals surface area contributed by atoms with Crippen molar-refractivity contribution in [1.29, 1.82) is 0 Å². The van der Waals surface area contributed by atoms with Gasteiger partial charge in [-0.3, -0.25) is 0 Å². The van der Waals surface area contributed by atoms with E-state index in [1.54, 1.807) is 0 Å². The minimum atomic E-state index is 0.572. The second kappa shape index (κ2) is 7.38. The van der Waals surface area contributed by atoms with E-state index in [0.29, 0.717) is 6.10 Å². The summed E-state index contributed by atoms with van der Waals surface area (Å²) in [7, 11) is 0. The van der Waals surface area contributed by atoms with Gasteiger partial charge in [0.15, 0.2) is 0 Å². The van der Waals surface area contributed by atoms with Crippen molar-refractivity contribution in [3.8, 4) is 0 Å². The Bertz CT molecular complexity index is 197. The van der Waals surface area contributed by atoms with Gasteiger partial charge in [-0.05, 0) is 51.0 Å². The van der Waals surface area contributed by atoms with E-state index in [1.807, 2.05) is 0 Å². The van der Waals surface area contributed by atoms with Crippen LogP contribution in [0.3, 0.4) is 0 Å². The first-order valence-electron chi connectivity index (χ1n) is 7.73. The third-order valence-electron chi connectivity index (χ3n) is 4.39. The lowest BCUT2D eigenvalue weighted by Crippen LogP contribution is -2.34. The quantitative estimate of drug-likeness (QED) is 0.700. The molecule has 1 aliphatic carbocycles. The Morgan fingerprint density at radius 3 is 2.71 bits per heavy atom. The molecule has 0 aromatic heterocycles. The molecule has 0 amide bonds. The van der Waals surface area contributed by atoms with Crippen molar-refractivity contribution in [2.45, 2.75) is 76.9 Å². The first kappa shape index (κ1) is 13.4. The van der Waals surface area contributed by atoms with Crippen molar-refractivity contribution in [2.75, 3.05) is 13.2 Å². The maximum Gasteiger partial charge on any atom is 0.0576 e. The molecule has 0 spiro atoms. The van der Waals surface area contributed by atoms with Gasteiger partial charge in [-0.25, -0.2) is 0 Å². The lowest BCUT2D eigenvalue weighted by atomic mass is 9.80. The predicted octanol–water partition coefficient (Wildman–Crippen LogP) is 3.50. The molecule has 2 fully saturated rings. The number of nitrogens with one attached hydrogen (secondary N) is 1. The van der Waals surface area contributed by atoms with Gasteiger partial charge in [0, 0.05) is 12.6 Å². The highest BCUT2D eigenvalue weighted by molar-refractivity contribution is 4.79. The summed E-state index contributed by atoms with van der Waals surface area (Å²) in [6.45, 7) is 4.44. The average molecular weight is 239 g/mol. The van der Waals surface area contributed by atoms with Gasteiger partial charge in [0.25, 0.3) is 0 Å². The molecule has 1 aliphatic heterocycles. The molecule has 1 saturated carbocycles. The van der Waals surface area contributed by atoms with E-state index in [4.69, 9.17) is 4.74 Å². The Morgan fingerprint density at radius 2 is 2.12 bits per heavy atom. The SMILES string of the molecule is CCCNC(CCC1CCCO1)CC1CCC1.